The van der Waals surface area contributed by atoms with Gasteiger partial charge < -0.3 is 9.84 Å². The maximum absolute atomic E-state index is 10.4. The number of rotatable bonds is 0. The van der Waals surface area contributed by atoms with Gasteiger partial charge in [0.2, 0.25) is 0 Å². The molecule has 0 bridgehead atoms. The molecule has 0 unspecified atom stereocenters. The highest BCUT2D eigenvalue weighted by atomic mass is 35.5. The quantitative estimate of drug-likeness (QED) is 0.436. The minimum absolute atomic E-state index is 0.151. The lowest BCUT2D eigenvalue weighted by atomic mass is 10.4. The first kappa shape index (κ1) is 6.71. The van der Waals surface area contributed by atoms with Crippen molar-refractivity contribution in [3.63, 3.8) is 0 Å². The van der Waals surface area contributed by atoms with E-state index < -0.39 is 17.3 Å². The van der Waals surface area contributed by atoms with E-state index in [1.165, 1.54) is 0 Å². The lowest BCUT2D eigenvalue weighted by molar-refractivity contribution is -0.139. The highest BCUT2D eigenvalue weighted by molar-refractivity contribution is 6.44. The zero-order valence-corrected chi connectivity index (χ0v) is 5.61. The molecule has 5 heteroatoms. The molecule has 1 N–H and O–H groups in total. The maximum Gasteiger partial charge on any atom is 0.337 e. The summed E-state index contributed by atoms with van der Waals surface area (Å²) >= 11 is 10.5. The molecule has 50 valence electrons. The zero-order valence-electron chi connectivity index (χ0n) is 4.10. The van der Waals surface area contributed by atoms with Gasteiger partial charge in [-0.25, -0.2) is 4.79 Å². The van der Waals surface area contributed by atoms with E-state index in [9.17, 15) is 4.79 Å². The molecular weight excluding hydrogens is 167 g/mol. The third-order valence-corrected chi connectivity index (χ3v) is 1.72. The van der Waals surface area contributed by atoms with Crippen molar-refractivity contribution >= 4 is 29.2 Å². The maximum atomic E-state index is 10.4. The van der Waals surface area contributed by atoms with Crippen LogP contribution in [-0.2, 0) is 9.53 Å². The Bertz CT molecular complexity index is 186. The molecule has 0 saturated carbocycles. The standard InChI is InChI=1S/C4H2Cl2O3/c5-1-2(6)4(8)9-3(1)7/h1,8H/t1-/m0/s1. The number of ether oxygens (including phenoxy) is 1. The van der Waals surface area contributed by atoms with Gasteiger partial charge in [-0.05, 0) is 0 Å². The number of carbonyl (C=O) groups excluding carboxylic acids is 1. The number of cyclic esters (lactones) is 1. The fourth-order valence-electron chi connectivity index (χ4n) is 0.408. The Balaban J connectivity index is 2.87. The van der Waals surface area contributed by atoms with Gasteiger partial charge in [0.1, 0.15) is 5.03 Å². The van der Waals surface area contributed by atoms with Crippen LogP contribution in [0.4, 0.5) is 0 Å². The minimum Gasteiger partial charge on any atom is -0.480 e. The molecule has 0 radical (unpaired) electrons. The van der Waals surface area contributed by atoms with E-state index in [0.717, 1.165) is 0 Å². The van der Waals surface area contributed by atoms with Crippen molar-refractivity contribution < 1.29 is 14.6 Å². The van der Waals surface area contributed by atoms with Gasteiger partial charge in [-0.15, -0.1) is 11.6 Å². The van der Waals surface area contributed by atoms with E-state index in [1.54, 1.807) is 0 Å². The number of hydrogen-bond donors (Lipinski definition) is 1. The molecule has 1 atom stereocenters. The third-order valence-electron chi connectivity index (χ3n) is 0.831. The van der Waals surface area contributed by atoms with E-state index in [1.807, 2.05) is 0 Å². The Kier molecular flexibility index (Phi) is 1.55. The molecule has 0 aliphatic carbocycles. The third kappa shape index (κ3) is 0.976. The number of halogens is 2. The molecule has 0 aromatic heterocycles. The fourth-order valence-corrected chi connectivity index (χ4v) is 0.673. The van der Waals surface area contributed by atoms with E-state index in [4.69, 9.17) is 28.3 Å². The molecular formula is C4H2Cl2O3. The van der Waals surface area contributed by atoms with Gasteiger partial charge in [-0.3, -0.25) is 0 Å². The first-order chi connectivity index (χ1) is 4.13. The summed E-state index contributed by atoms with van der Waals surface area (Å²) in [4.78, 5) is 10.4. The Morgan fingerprint density at radius 1 is 1.67 bits per heavy atom. The topological polar surface area (TPSA) is 46.5 Å². The first-order valence-electron chi connectivity index (χ1n) is 2.07. The van der Waals surface area contributed by atoms with Gasteiger partial charge >= 0.3 is 11.9 Å². The molecule has 1 aliphatic heterocycles. The average Bonchev–Trinajstić information content (AvgIpc) is 1.98. The summed E-state index contributed by atoms with van der Waals surface area (Å²) < 4.78 is 4.12. The van der Waals surface area contributed by atoms with Crippen molar-refractivity contribution in [2.45, 2.75) is 5.38 Å². The summed E-state index contributed by atoms with van der Waals surface area (Å²) in [6, 6.07) is 0. The molecule has 0 fully saturated rings. The smallest absolute Gasteiger partial charge is 0.337 e. The number of hydrogen-bond acceptors (Lipinski definition) is 3. The van der Waals surface area contributed by atoms with Crippen molar-refractivity contribution in [2.75, 3.05) is 0 Å². The van der Waals surface area contributed by atoms with Crippen molar-refractivity contribution in [1.29, 1.82) is 0 Å². The summed E-state index contributed by atoms with van der Waals surface area (Å²) in [5, 5.41) is 7.37. The van der Waals surface area contributed by atoms with Gasteiger partial charge in [-0.1, -0.05) is 11.6 Å². The lowest BCUT2D eigenvalue weighted by Crippen LogP contribution is -2.08. The van der Waals surface area contributed by atoms with Crippen LogP contribution in [0.5, 0.6) is 0 Å². The molecule has 1 heterocycles. The number of alkyl halides is 1. The summed E-state index contributed by atoms with van der Waals surface area (Å²) in [7, 11) is 0. The summed E-state index contributed by atoms with van der Waals surface area (Å²) in [6.07, 6.45) is 0. The summed E-state index contributed by atoms with van der Waals surface area (Å²) in [5.41, 5.74) is 0. The van der Waals surface area contributed by atoms with Crippen LogP contribution in [0, 0.1) is 0 Å². The van der Waals surface area contributed by atoms with Crippen LogP contribution in [0.1, 0.15) is 0 Å². The monoisotopic (exact) mass is 168 g/mol. The van der Waals surface area contributed by atoms with Gasteiger partial charge in [0, 0.05) is 0 Å². The van der Waals surface area contributed by atoms with Crippen LogP contribution in [0.2, 0.25) is 0 Å². The number of esters is 1. The summed E-state index contributed by atoms with van der Waals surface area (Å²) in [6.45, 7) is 0. The molecule has 0 aromatic rings. The van der Waals surface area contributed by atoms with Crippen LogP contribution in [0.15, 0.2) is 11.0 Å². The minimum atomic E-state index is -1.04. The van der Waals surface area contributed by atoms with Crippen molar-refractivity contribution in [3.05, 3.63) is 11.0 Å². The van der Waals surface area contributed by atoms with E-state index >= 15 is 0 Å². The van der Waals surface area contributed by atoms with Crippen molar-refractivity contribution in [1.82, 2.24) is 0 Å². The molecule has 0 amide bonds. The van der Waals surface area contributed by atoms with E-state index in [2.05, 4.69) is 4.74 Å². The van der Waals surface area contributed by atoms with Crippen LogP contribution in [0.3, 0.4) is 0 Å². The largest absolute Gasteiger partial charge is 0.480 e. The number of carbonyl (C=O) groups is 1. The molecule has 9 heavy (non-hydrogen) atoms. The van der Waals surface area contributed by atoms with Crippen LogP contribution >= 0.6 is 23.2 Å². The Morgan fingerprint density at radius 2 is 2.22 bits per heavy atom. The Hall–Kier alpha value is -0.410. The second kappa shape index (κ2) is 2.08. The molecule has 1 aliphatic rings. The van der Waals surface area contributed by atoms with Gasteiger partial charge in [-0.2, -0.15) is 0 Å². The molecule has 0 spiro atoms. The van der Waals surface area contributed by atoms with Crippen LogP contribution in [0.25, 0.3) is 0 Å². The second-order valence-electron chi connectivity index (χ2n) is 1.44. The second-order valence-corrected chi connectivity index (χ2v) is 2.28. The van der Waals surface area contributed by atoms with Gasteiger partial charge in [0.25, 0.3) is 0 Å². The van der Waals surface area contributed by atoms with Crippen LogP contribution < -0.4 is 0 Å². The van der Waals surface area contributed by atoms with E-state index in [-0.39, 0.29) is 5.03 Å². The predicted molar refractivity (Wildman–Crippen MR) is 31.2 cm³/mol. The van der Waals surface area contributed by atoms with Crippen molar-refractivity contribution in [2.24, 2.45) is 0 Å². The number of aliphatic hydroxyl groups is 1. The predicted octanol–water partition coefficient (Wildman–Crippen LogP) is 1.12. The highest BCUT2D eigenvalue weighted by Crippen LogP contribution is 2.26. The summed E-state index contributed by atoms with van der Waals surface area (Å²) in [5.74, 6) is -1.33. The Morgan fingerprint density at radius 3 is 2.33 bits per heavy atom. The van der Waals surface area contributed by atoms with E-state index in [0.29, 0.717) is 0 Å². The number of aliphatic hydroxyl groups excluding tert-OH is 1. The first-order valence-corrected chi connectivity index (χ1v) is 2.88. The SMILES string of the molecule is O=C1OC(O)=C(Cl)[C@@H]1Cl. The Labute approximate surface area is 60.8 Å². The highest BCUT2D eigenvalue weighted by Gasteiger charge is 2.33. The van der Waals surface area contributed by atoms with Crippen molar-refractivity contribution in [3.8, 4) is 0 Å². The normalized spacial score (nSPS) is 26.9. The van der Waals surface area contributed by atoms with Crippen LogP contribution in [-0.4, -0.2) is 16.5 Å². The lowest BCUT2D eigenvalue weighted by Gasteiger charge is -1.89. The van der Waals surface area contributed by atoms with Gasteiger partial charge in [0.05, 0.1) is 0 Å². The fraction of sp³-hybridized carbons (Fsp3) is 0.250. The molecule has 0 saturated heterocycles. The molecule has 3 nitrogen and oxygen atoms in total. The van der Waals surface area contributed by atoms with Gasteiger partial charge in [0.15, 0.2) is 5.38 Å². The zero-order chi connectivity index (χ0) is 7.02. The average molecular weight is 169 g/mol. The molecule has 1 rings (SSSR count). The molecule has 0 aromatic carbocycles.